The number of halogens is 3. The molecule has 0 radical (unpaired) electrons. The Hall–Kier alpha value is -3.64. The summed E-state index contributed by atoms with van der Waals surface area (Å²) in [6.45, 7) is 5.03. The van der Waals surface area contributed by atoms with Gasteiger partial charge < -0.3 is 14.4 Å². The van der Waals surface area contributed by atoms with Crippen molar-refractivity contribution in [2.24, 2.45) is 0 Å². The number of benzene rings is 1. The van der Waals surface area contributed by atoms with Crippen molar-refractivity contribution in [3.05, 3.63) is 64.3 Å². The van der Waals surface area contributed by atoms with E-state index in [-0.39, 0.29) is 23.8 Å². The number of carbonyl (C=O) groups excluding carboxylic acids is 1. The molecule has 1 fully saturated rings. The summed E-state index contributed by atoms with van der Waals surface area (Å²) in [6, 6.07) is 11.8. The van der Waals surface area contributed by atoms with Crippen molar-refractivity contribution in [3.8, 4) is 22.1 Å². The van der Waals surface area contributed by atoms with Crippen molar-refractivity contribution in [2.75, 3.05) is 33.0 Å². The Morgan fingerprint density at radius 1 is 1.03 bits per heavy atom. The Morgan fingerprint density at radius 3 is 2.55 bits per heavy atom. The van der Waals surface area contributed by atoms with E-state index in [2.05, 4.69) is 15.0 Å². The van der Waals surface area contributed by atoms with E-state index in [9.17, 15) is 18.0 Å². The summed E-state index contributed by atoms with van der Waals surface area (Å²) in [5.41, 5.74) is 0.269. The number of carbonyl (C=O) groups is 1. The molecule has 6 rings (SSSR count). The molecule has 2 aliphatic heterocycles. The highest BCUT2D eigenvalue weighted by atomic mass is 32.1. The minimum absolute atomic E-state index is 0.00827. The van der Waals surface area contributed by atoms with Crippen LogP contribution in [0.2, 0.25) is 0 Å². The molecule has 1 aromatic carbocycles. The lowest BCUT2D eigenvalue weighted by molar-refractivity contribution is -0.142. The van der Waals surface area contributed by atoms with Gasteiger partial charge in [-0.2, -0.15) is 18.3 Å². The molecule has 38 heavy (non-hydrogen) atoms. The van der Waals surface area contributed by atoms with Crippen molar-refractivity contribution < 1.29 is 27.4 Å². The van der Waals surface area contributed by atoms with Crippen LogP contribution in [0.4, 0.5) is 13.2 Å². The summed E-state index contributed by atoms with van der Waals surface area (Å²) < 4.78 is 53.4. The van der Waals surface area contributed by atoms with E-state index in [0.717, 1.165) is 38.9 Å². The van der Waals surface area contributed by atoms with Crippen LogP contribution in [0.15, 0.2) is 42.5 Å². The highest BCUT2D eigenvalue weighted by Crippen LogP contribution is 2.35. The van der Waals surface area contributed by atoms with Crippen molar-refractivity contribution in [2.45, 2.75) is 26.1 Å². The Balaban J connectivity index is 1.19. The van der Waals surface area contributed by atoms with Gasteiger partial charge >= 0.3 is 6.18 Å². The van der Waals surface area contributed by atoms with Crippen LogP contribution >= 0.6 is 11.3 Å². The fourth-order valence-corrected chi connectivity index (χ4v) is 5.59. The topological polar surface area (TPSA) is 72.2 Å². The molecule has 0 spiro atoms. The normalized spacial score (nSPS) is 15.9. The number of fused-ring (bicyclic) bond motifs is 2. The van der Waals surface area contributed by atoms with Gasteiger partial charge in [0.2, 0.25) is 6.79 Å². The Labute approximate surface area is 220 Å². The molecule has 0 N–H and O–H groups in total. The highest BCUT2D eigenvalue weighted by Gasteiger charge is 2.36. The van der Waals surface area contributed by atoms with Crippen LogP contribution in [0.3, 0.4) is 0 Å². The first-order valence-electron chi connectivity index (χ1n) is 12.3. The molecule has 2 aliphatic rings. The lowest BCUT2D eigenvalue weighted by Crippen LogP contribution is -2.48. The smallest absolute Gasteiger partial charge is 0.433 e. The first-order valence-corrected chi connectivity index (χ1v) is 13.1. The highest BCUT2D eigenvalue weighted by molar-refractivity contribution is 7.15. The largest absolute Gasteiger partial charge is 0.454 e. The molecule has 0 saturated carbocycles. The van der Waals surface area contributed by atoms with Crippen LogP contribution in [-0.2, 0) is 19.1 Å². The third kappa shape index (κ3) is 4.69. The lowest BCUT2D eigenvalue weighted by atomic mass is 10.1. The Morgan fingerprint density at radius 2 is 1.82 bits per heavy atom. The molecular weight excluding hydrogens is 519 g/mol. The van der Waals surface area contributed by atoms with E-state index in [4.69, 9.17) is 9.47 Å². The number of alkyl halides is 3. The van der Waals surface area contributed by atoms with Crippen LogP contribution in [0.5, 0.6) is 11.5 Å². The molecule has 3 aromatic heterocycles. The molecule has 1 saturated heterocycles. The lowest BCUT2D eigenvalue weighted by Gasteiger charge is -2.34. The molecule has 0 unspecified atom stereocenters. The second-order valence-electron chi connectivity index (χ2n) is 9.20. The van der Waals surface area contributed by atoms with Gasteiger partial charge in [-0.1, -0.05) is 13.0 Å². The van der Waals surface area contributed by atoms with E-state index in [1.165, 1.54) is 17.4 Å². The monoisotopic (exact) mass is 543 g/mol. The van der Waals surface area contributed by atoms with Gasteiger partial charge in [0, 0.05) is 43.7 Å². The van der Waals surface area contributed by atoms with E-state index in [0.29, 0.717) is 37.6 Å². The van der Waals surface area contributed by atoms with Gasteiger partial charge in [0.05, 0.1) is 10.6 Å². The average Bonchev–Trinajstić information content (AvgIpc) is 3.66. The van der Waals surface area contributed by atoms with E-state index in [1.807, 2.05) is 31.2 Å². The molecule has 4 aromatic rings. The minimum Gasteiger partial charge on any atom is -0.454 e. The standard InChI is InChI=1S/C26H24F3N5O3S/c1-2-17-4-6-22(38-17)18-12-23(26(27,28)29)34-24(30-18)13-19(31-34)25(35)33-9-7-32(8-10-33)14-16-3-5-20-21(11-16)37-15-36-20/h3-6,11-13H,2,7-10,14-15H2,1H3. The summed E-state index contributed by atoms with van der Waals surface area (Å²) in [4.78, 5) is 23.2. The van der Waals surface area contributed by atoms with E-state index in [1.54, 1.807) is 11.0 Å². The minimum atomic E-state index is -4.66. The van der Waals surface area contributed by atoms with Crippen LogP contribution in [0, 0.1) is 0 Å². The first kappa shape index (κ1) is 24.7. The summed E-state index contributed by atoms with van der Waals surface area (Å²) >= 11 is 1.40. The zero-order chi connectivity index (χ0) is 26.4. The maximum Gasteiger partial charge on any atom is 0.433 e. The number of piperazine rings is 1. The maximum atomic E-state index is 13.9. The number of nitrogens with zero attached hydrogens (tertiary/aromatic N) is 5. The fraction of sp³-hybridized carbons (Fsp3) is 0.346. The van der Waals surface area contributed by atoms with Crippen molar-refractivity contribution in [1.29, 1.82) is 0 Å². The molecule has 198 valence electrons. The molecule has 0 atom stereocenters. The van der Waals surface area contributed by atoms with Crippen LogP contribution < -0.4 is 9.47 Å². The number of amides is 1. The van der Waals surface area contributed by atoms with Gasteiger partial charge in [0.25, 0.3) is 5.91 Å². The van der Waals surface area contributed by atoms with Crippen LogP contribution in [-0.4, -0.2) is 63.3 Å². The summed E-state index contributed by atoms with van der Waals surface area (Å²) in [7, 11) is 0. The molecule has 0 aliphatic carbocycles. The predicted molar refractivity (Wildman–Crippen MR) is 134 cm³/mol. The third-order valence-corrected chi connectivity index (χ3v) is 7.95. The SMILES string of the molecule is CCc1ccc(-c2cc(C(F)(F)F)n3nc(C(=O)N4CCN(Cc5ccc6c(c5)OCO6)CC4)cc3n2)s1. The third-order valence-electron chi connectivity index (χ3n) is 6.70. The van der Waals surface area contributed by atoms with Gasteiger partial charge in [0.15, 0.2) is 28.5 Å². The van der Waals surface area contributed by atoms with E-state index >= 15 is 0 Å². The Bertz CT molecular complexity index is 1510. The average molecular weight is 544 g/mol. The number of aryl methyl sites for hydroxylation is 1. The van der Waals surface area contributed by atoms with Crippen molar-refractivity contribution >= 4 is 22.9 Å². The summed E-state index contributed by atoms with van der Waals surface area (Å²) in [5.74, 6) is 1.05. The molecule has 1 amide bonds. The fourth-order valence-electron chi connectivity index (χ4n) is 4.68. The molecular formula is C26H24F3N5O3S. The number of rotatable bonds is 5. The number of hydrogen-bond donors (Lipinski definition) is 0. The van der Waals surface area contributed by atoms with Crippen LogP contribution in [0.25, 0.3) is 16.2 Å². The zero-order valence-electron chi connectivity index (χ0n) is 20.5. The van der Waals surface area contributed by atoms with Gasteiger partial charge in [-0.05, 0) is 42.3 Å². The number of aromatic nitrogens is 3. The second kappa shape index (κ2) is 9.59. The number of hydrogen-bond acceptors (Lipinski definition) is 7. The van der Waals surface area contributed by atoms with Gasteiger partial charge in [-0.15, -0.1) is 11.3 Å². The van der Waals surface area contributed by atoms with Gasteiger partial charge in [-0.25, -0.2) is 9.50 Å². The summed E-state index contributed by atoms with van der Waals surface area (Å²) in [6.07, 6.45) is -3.87. The van der Waals surface area contributed by atoms with Crippen molar-refractivity contribution in [1.82, 2.24) is 24.4 Å². The molecule has 0 bridgehead atoms. The first-order chi connectivity index (χ1) is 18.3. The number of ether oxygens (including phenoxy) is 2. The Kier molecular flexibility index (Phi) is 6.23. The summed E-state index contributed by atoms with van der Waals surface area (Å²) in [5, 5.41) is 4.04. The molecule has 12 heteroatoms. The van der Waals surface area contributed by atoms with Gasteiger partial charge in [-0.3, -0.25) is 9.69 Å². The quantitative estimate of drug-likeness (QED) is 0.363. The van der Waals surface area contributed by atoms with Crippen molar-refractivity contribution in [3.63, 3.8) is 0 Å². The van der Waals surface area contributed by atoms with E-state index < -0.39 is 17.8 Å². The molecule has 8 nitrogen and oxygen atoms in total. The van der Waals surface area contributed by atoms with Crippen LogP contribution in [0.1, 0.15) is 33.5 Å². The predicted octanol–water partition coefficient (Wildman–Crippen LogP) is 4.73. The number of thiophene rings is 1. The van der Waals surface area contributed by atoms with Gasteiger partial charge in [0.1, 0.15) is 0 Å². The maximum absolute atomic E-state index is 13.9. The second-order valence-corrected chi connectivity index (χ2v) is 10.4. The molecule has 5 heterocycles. The zero-order valence-corrected chi connectivity index (χ0v) is 21.3.